The van der Waals surface area contributed by atoms with Crippen LogP contribution in [0.25, 0.3) is 0 Å². The molecule has 2 nitrogen and oxygen atoms in total. The second-order valence-electron chi connectivity index (χ2n) is 4.39. The van der Waals surface area contributed by atoms with Crippen LogP contribution in [0.15, 0.2) is 24.3 Å². The smallest absolute Gasteiger partial charge is 0.130 e. The van der Waals surface area contributed by atoms with E-state index in [1.807, 2.05) is 0 Å². The van der Waals surface area contributed by atoms with E-state index in [0.29, 0.717) is 6.23 Å². The molecule has 1 saturated heterocycles. The normalized spacial score (nSPS) is 25.3. The van der Waals surface area contributed by atoms with Gasteiger partial charge in [0, 0.05) is 18.8 Å². The minimum atomic E-state index is 0.339. The molecule has 1 unspecified atom stereocenters. The van der Waals surface area contributed by atoms with Crippen molar-refractivity contribution in [1.29, 1.82) is 0 Å². The molecule has 0 N–H and O–H groups in total. The maximum absolute atomic E-state index is 5.78. The summed E-state index contributed by atoms with van der Waals surface area (Å²) in [6.45, 7) is 2.09. The van der Waals surface area contributed by atoms with Crippen molar-refractivity contribution in [1.82, 2.24) is 0 Å². The first-order valence-corrected chi connectivity index (χ1v) is 5.91. The van der Waals surface area contributed by atoms with Gasteiger partial charge in [-0.3, -0.25) is 0 Å². The predicted octanol–water partition coefficient (Wildman–Crippen LogP) is 2.58. The summed E-state index contributed by atoms with van der Waals surface area (Å²) in [4.78, 5) is 2.45. The third kappa shape index (κ3) is 1.63. The van der Waals surface area contributed by atoms with E-state index in [2.05, 4.69) is 29.2 Å². The Kier molecular flexibility index (Phi) is 2.37. The maximum Gasteiger partial charge on any atom is 0.130 e. The molecule has 2 aliphatic rings. The van der Waals surface area contributed by atoms with Crippen molar-refractivity contribution >= 4 is 5.69 Å². The standard InChI is InChI=1S/C13H17NO/c1-2-7-12-11(5-1)6-3-9-14(12)13-8-4-10-15-13/h1-2,5,7,13H,3-4,6,8-10H2. The minimum Gasteiger partial charge on any atom is -0.358 e. The zero-order valence-corrected chi connectivity index (χ0v) is 8.98. The van der Waals surface area contributed by atoms with E-state index >= 15 is 0 Å². The van der Waals surface area contributed by atoms with Crippen molar-refractivity contribution in [2.75, 3.05) is 18.1 Å². The van der Waals surface area contributed by atoms with Gasteiger partial charge in [-0.1, -0.05) is 18.2 Å². The first-order chi connectivity index (χ1) is 7.45. The molecule has 0 spiro atoms. The van der Waals surface area contributed by atoms with Crippen LogP contribution in [0.5, 0.6) is 0 Å². The minimum absolute atomic E-state index is 0.339. The molecule has 1 fully saturated rings. The average molecular weight is 203 g/mol. The van der Waals surface area contributed by atoms with E-state index < -0.39 is 0 Å². The van der Waals surface area contributed by atoms with Gasteiger partial charge in [-0.05, 0) is 37.3 Å². The number of fused-ring (bicyclic) bond motifs is 1. The molecule has 15 heavy (non-hydrogen) atoms. The Labute approximate surface area is 90.8 Å². The van der Waals surface area contributed by atoms with E-state index in [9.17, 15) is 0 Å². The van der Waals surface area contributed by atoms with Gasteiger partial charge in [-0.2, -0.15) is 0 Å². The molecule has 0 radical (unpaired) electrons. The Morgan fingerprint density at radius 2 is 2.13 bits per heavy atom. The fourth-order valence-corrected chi connectivity index (χ4v) is 2.67. The van der Waals surface area contributed by atoms with E-state index in [0.717, 1.165) is 13.2 Å². The lowest BCUT2D eigenvalue weighted by molar-refractivity contribution is 0.106. The lowest BCUT2D eigenvalue weighted by atomic mass is 10.0. The van der Waals surface area contributed by atoms with Crippen LogP contribution in [0.4, 0.5) is 5.69 Å². The van der Waals surface area contributed by atoms with Crippen LogP contribution in [-0.4, -0.2) is 19.4 Å². The summed E-state index contributed by atoms with van der Waals surface area (Å²) in [7, 11) is 0. The highest BCUT2D eigenvalue weighted by atomic mass is 16.5. The fourth-order valence-electron chi connectivity index (χ4n) is 2.67. The van der Waals surface area contributed by atoms with Crippen LogP contribution in [-0.2, 0) is 11.2 Å². The Morgan fingerprint density at radius 1 is 1.20 bits per heavy atom. The molecule has 3 rings (SSSR count). The lowest BCUT2D eigenvalue weighted by Crippen LogP contribution is -2.38. The first kappa shape index (κ1) is 9.22. The van der Waals surface area contributed by atoms with Crippen LogP contribution in [0, 0.1) is 0 Å². The molecule has 0 aliphatic carbocycles. The molecule has 1 aromatic carbocycles. The monoisotopic (exact) mass is 203 g/mol. The number of nitrogens with zero attached hydrogens (tertiary/aromatic N) is 1. The van der Waals surface area contributed by atoms with Crippen LogP contribution in [0.1, 0.15) is 24.8 Å². The Bertz CT molecular complexity index is 344. The van der Waals surface area contributed by atoms with E-state index in [1.165, 1.54) is 36.9 Å². The second kappa shape index (κ2) is 3.86. The third-order valence-electron chi connectivity index (χ3n) is 3.40. The summed E-state index contributed by atoms with van der Waals surface area (Å²) in [6, 6.07) is 8.75. The summed E-state index contributed by atoms with van der Waals surface area (Å²) in [5.74, 6) is 0. The van der Waals surface area contributed by atoms with Gasteiger partial charge in [0.2, 0.25) is 0 Å². The summed E-state index contributed by atoms with van der Waals surface area (Å²) in [6.07, 6.45) is 5.22. The molecular weight excluding hydrogens is 186 g/mol. The van der Waals surface area contributed by atoms with E-state index in [-0.39, 0.29) is 0 Å². The van der Waals surface area contributed by atoms with Gasteiger partial charge < -0.3 is 9.64 Å². The van der Waals surface area contributed by atoms with Gasteiger partial charge in [0.05, 0.1) is 0 Å². The van der Waals surface area contributed by atoms with Gasteiger partial charge in [-0.25, -0.2) is 0 Å². The van der Waals surface area contributed by atoms with Crippen molar-refractivity contribution < 1.29 is 4.74 Å². The topological polar surface area (TPSA) is 12.5 Å². The Hall–Kier alpha value is -1.02. The molecular formula is C13H17NO. The number of rotatable bonds is 1. The van der Waals surface area contributed by atoms with Crippen molar-refractivity contribution in [2.45, 2.75) is 31.9 Å². The van der Waals surface area contributed by atoms with Crippen LogP contribution >= 0.6 is 0 Å². The molecule has 0 aromatic heterocycles. The van der Waals surface area contributed by atoms with Gasteiger partial charge in [0.25, 0.3) is 0 Å². The number of anilines is 1. The van der Waals surface area contributed by atoms with Crippen molar-refractivity contribution in [3.63, 3.8) is 0 Å². The highest BCUT2D eigenvalue weighted by Crippen LogP contribution is 2.31. The van der Waals surface area contributed by atoms with Crippen LogP contribution < -0.4 is 4.90 Å². The second-order valence-corrected chi connectivity index (χ2v) is 4.39. The summed E-state index contributed by atoms with van der Waals surface area (Å²) >= 11 is 0. The molecule has 2 heteroatoms. The predicted molar refractivity (Wildman–Crippen MR) is 61.1 cm³/mol. The molecule has 2 heterocycles. The highest BCUT2D eigenvalue weighted by Gasteiger charge is 2.26. The van der Waals surface area contributed by atoms with Crippen molar-refractivity contribution in [2.24, 2.45) is 0 Å². The number of aryl methyl sites for hydroxylation is 1. The summed E-state index contributed by atoms with van der Waals surface area (Å²) in [5.41, 5.74) is 2.88. The highest BCUT2D eigenvalue weighted by molar-refractivity contribution is 5.55. The Morgan fingerprint density at radius 3 is 3.00 bits per heavy atom. The van der Waals surface area contributed by atoms with Gasteiger partial charge in [-0.15, -0.1) is 0 Å². The SMILES string of the molecule is c1ccc2c(c1)CCCN2C1CCCO1. The fraction of sp³-hybridized carbons (Fsp3) is 0.538. The number of para-hydroxylation sites is 1. The summed E-state index contributed by atoms with van der Waals surface area (Å²) in [5, 5.41) is 0. The molecule has 1 atom stereocenters. The molecule has 0 bridgehead atoms. The molecule has 0 saturated carbocycles. The number of hydrogen-bond acceptors (Lipinski definition) is 2. The third-order valence-corrected chi connectivity index (χ3v) is 3.40. The molecule has 2 aliphatic heterocycles. The zero-order valence-electron chi connectivity index (χ0n) is 8.98. The van der Waals surface area contributed by atoms with Crippen LogP contribution in [0.3, 0.4) is 0 Å². The van der Waals surface area contributed by atoms with Gasteiger partial charge >= 0.3 is 0 Å². The lowest BCUT2D eigenvalue weighted by Gasteiger charge is -2.35. The van der Waals surface area contributed by atoms with Gasteiger partial charge in [0.15, 0.2) is 0 Å². The van der Waals surface area contributed by atoms with Crippen molar-refractivity contribution in [3.8, 4) is 0 Å². The van der Waals surface area contributed by atoms with E-state index in [4.69, 9.17) is 4.74 Å². The number of hydrogen-bond donors (Lipinski definition) is 0. The molecule has 0 amide bonds. The summed E-state index contributed by atoms with van der Waals surface area (Å²) < 4.78 is 5.78. The number of benzene rings is 1. The first-order valence-electron chi connectivity index (χ1n) is 5.91. The van der Waals surface area contributed by atoms with Crippen molar-refractivity contribution in [3.05, 3.63) is 29.8 Å². The van der Waals surface area contributed by atoms with Gasteiger partial charge in [0.1, 0.15) is 6.23 Å². The average Bonchev–Trinajstić information content (AvgIpc) is 2.82. The molecule has 1 aromatic rings. The zero-order chi connectivity index (χ0) is 10.1. The number of ether oxygens (including phenoxy) is 1. The molecule has 80 valence electrons. The van der Waals surface area contributed by atoms with Crippen LogP contribution in [0.2, 0.25) is 0 Å². The van der Waals surface area contributed by atoms with E-state index in [1.54, 1.807) is 0 Å². The quantitative estimate of drug-likeness (QED) is 0.695. The maximum atomic E-state index is 5.78. The largest absolute Gasteiger partial charge is 0.358 e. The Balaban J connectivity index is 1.91.